The summed E-state index contributed by atoms with van der Waals surface area (Å²) in [5, 5.41) is 17.6. The smallest absolute Gasteiger partial charge is 0.306 e. The molecule has 0 saturated carbocycles. The Morgan fingerprint density at radius 2 is 2.06 bits per heavy atom. The number of hydrogen-bond acceptors (Lipinski definition) is 4. The van der Waals surface area contributed by atoms with Gasteiger partial charge in [0, 0.05) is 6.54 Å². The van der Waals surface area contributed by atoms with E-state index in [1.54, 1.807) is 0 Å². The molecule has 0 amide bonds. The Bertz CT molecular complexity index is 315. The van der Waals surface area contributed by atoms with Crippen LogP contribution in [0.3, 0.4) is 0 Å². The second-order valence-electron chi connectivity index (χ2n) is 3.37. The molecular weight excluding hydrogens is 210 g/mol. The van der Waals surface area contributed by atoms with Crippen molar-refractivity contribution in [2.24, 2.45) is 0 Å². The highest BCUT2D eigenvalue weighted by molar-refractivity contribution is 5.67. The molecule has 88 valence electrons. The molecule has 1 atom stereocenters. The molecule has 0 aliphatic heterocycles. The summed E-state index contributed by atoms with van der Waals surface area (Å²) < 4.78 is 0. The molecule has 5 heteroatoms. The van der Waals surface area contributed by atoms with Crippen molar-refractivity contribution in [1.82, 2.24) is 5.48 Å². The van der Waals surface area contributed by atoms with Crippen LogP contribution in [0.1, 0.15) is 12.0 Å². The molecule has 1 aromatic rings. The van der Waals surface area contributed by atoms with Gasteiger partial charge in [-0.3, -0.25) is 9.63 Å². The van der Waals surface area contributed by atoms with Crippen LogP contribution in [0.25, 0.3) is 0 Å². The van der Waals surface area contributed by atoms with Gasteiger partial charge < -0.3 is 10.2 Å². The molecule has 1 aromatic carbocycles. The van der Waals surface area contributed by atoms with Gasteiger partial charge in [0.2, 0.25) is 0 Å². The lowest BCUT2D eigenvalue weighted by molar-refractivity contribution is -0.139. The number of aliphatic carboxylic acids is 1. The Morgan fingerprint density at radius 3 is 2.69 bits per heavy atom. The van der Waals surface area contributed by atoms with E-state index in [0.29, 0.717) is 6.61 Å². The summed E-state index contributed by atoms with van der Waals surface area (Å²) in [5.74, 6) is -1.03. The van der Waals surface area contributed by atoms with Crippen molar-refractivity contribution in [3.8, 4) is 0 Å². The molecule has 0 aliphatic carbocycles. The lowest BCUT2D eigenvalue weighted by Gasteiger charge is -2.09. The molecule has 0 aromatic heterocycles. The molecule has 0 bridgehead atoms. The highest BCUT2D eigenvalue weighted by Crippen LogP contribution is 1.99. The predicted molar refractivity (Wildman–Crippen MR) is 57.5 cm³/mol. The van der Waals surface area contributed by atoms with Gasteiger partial charge in [0.05, 0.1) is 19.1 Å². The van der Waals surface area contributed by atoms with Gasteiger partial charge in [-0.1, -0.05) is 30.3 Å². The van der Waals surface area contributed by atoms with E-state index in [9.17, 15) is 9.90 Å². The average Bonchev–Trinajstić information content (AvgIpc) is 2.25. The van der Waals surface area contributed by atoms with E-state index in [0.717, 1.165) is 5.56 Å². The van der Waals surface area contributed by atoms with Crippen LogP contribution in [0.2, 0.25) is 0 Å². The fraction of sp³-hybridized carbons (Fsp3) is 0.364. The lowest BCUT2D eigenvalue weighted by Crippen LogP contribution is -2.28. The number of hydroxylamine groups is 1. The Kier molecular flexibility index (Phi) is 5.49. The van der Waals surface area contributed by atoms with Crippen LogP contribution in [0.5, 0.6) is 0 Å². The topological polar surface area (TPSA) is 78.8 Å². The van der Waals surface area contributed by atoms with Crippen LogP contribution in [0.4, 0.5) is 0 Å². The number of carboxylic acids is 1. The standard InChI is InChI=1S/C11H15NO4/c13-10(6-11(14)15)7-12-16-8-9-4-2-1-3-5-9/h1-5,10,12-13H,6-8H2,(H,14,15). The Balaban J connectivity index is 2.10. The number of aliphatic hydroxyl groups excluding tert-OH is 1. The third kappa shape index (κ3) is 5.45. The third-order valence-electron chi connectivity index (χ3n) is 1.91. The average molecular weight is 225 g/mol. The molecule has 5 nitrogen and oxygen atoms in total. The highest BCUT2D eigenvalue weighted by Gasteiger charge is 2.08. The Morgan fingerprint density at radius 1 is 1.38 bits per heavy atom. The van der Waals surface area contributed by atoms with Crippen molar-refractivity contribution in [2.45, 2.75) is 19.1 Å². The van der Waals surface area contributed by atoms with E-state index in [4.69, 9.17) is 9.94 Å². The van der Waals surface area contributed by atoms with Gasteiger partial charge in [0.25, 0.3) is 0 Å². The largest absolute Gasteiger partial charge is 0.481 e. The van der Waals surface area contributed by atoms with E-state index >= 15 is 0 Å². The van der Waals surface area contributed by atoms with Gasteiger partial charge in [0.15, 0.2) is 0 Å². The number of hydrogen-bond donors (Lipinski definition) is 3. The molecule has 0 heterocycles. The zero-order chi connectivity index (χ0) is 11.8. The monoisotopic (exact) mass is 225 g/mol. The Hall–Kier alpha value is -1.43. The minimum atomic E-state index is -1.03. The minimum Gasteiger partial charge on any atom is -0.481 e. The van der Waals surface area contributed by atoms with Crippen molar-refractivity contribution in [1.29, 1.82) is 0 Å². The number of rotatable bonds is 7. The van der Waals surface area contributed by atoms with Gasteiger partial charge >= 0.3 is 5.97 Å². The van der Waals surface area contributed by atoms with Crippen LogP contribution in [0.15, 0.2) is 30.3 Å². The first-order valence-electron chi connectivity index (χ1n) is 4.97. The normalized spacial score (nSPS) is 12.3. The van der Waals surface area contributed by atoms with E-state index in [1.807, 2.05) is 30.3 Å². The molecule has 1 rings (SSSR count). The molecular formula is C11H15NO4. The van der Waals surface area contributed by atoms with Gasteiger partial charge in [-0.2, -0.15) is 5.48 Å². The molecule has 3 N–H and O–H groups in total. The van der Waals surface area contributed by atoms with E-state index in [1.165, 1.54) is 0 Å². The maximum atomic E-state index is 10.2. The number of nitrogens with one attached hydrogen (secondary N) is 1. The second kappa shape index (κ2) is 6.95. The fourth-order valence-corrected chi connectivity index (χ4v) is 1.14. The molecule has 0 spiro atoms. The van der Waals surface area contributed by atoms with E-state index < -0.39 is 12.1 Å². The molecule has 16 heavy (non-hydrogen) atoms. The summed E-state index contributed by atoms with van der Waals surface area (Å²) in [7, 11) is 0. The zero-order valence-corrected chi connectivity index (χ0v) is 8.80. The van der Waals surface area contributed by atoms with Gasteiger partial charge in [-0.15, -0.1) is 0 Å². The van der Waals surface area contributed by atoms with E-state index in [2.05, 4.69) is 5.48 Å². The quantitative estimate of drug-likeness (QED) is 0.466. The molecule has 0 fully saturated rings. The van der Waals surface area contributed by atoms with Crippen molar-refractivity contribution >= 4 is 5.97 Å². The summed E-state index contributed by atoms with van der Waals surface area (Å²) in [6, 6.07) is 9.54. The van der Waals surface area contributed by atoms with Crippen molar-refractivity contribution in [2.75, 3.05) is 6.54 Å². The lowest BCUT2D eigenvalue weighted by atomic mass is 10.2. The number of aliphatic hydroxyl groups is 1. The maximum Gasteiger partial charge on any atom is 0.306 e. The van der Waals surface area contributed by atoms with E-state index in [-0.39, 0.29) is 13.0 Å². The number of carboxylic acid groups (broad SMARTS) is 1. The van der Waals surface area contributed by atoms with Crippen LogP contribution >= 0.6 is 0 Å². The SMILES string of the molecule is O=C(O)CC(O)CNOCc1ccccc1. The summed E-state index contributed by atoms with van der Waals surface area (Å²) in [6.07, 6.45) is -1.23. The van der Waals surface area contributed by atoms with Crippen LogP contribution in [-0.2, 0) is 16.2 Å². The van der Waals surface area contributed by atoms with Gasteiger partial charge in [-0.25, -0.2) is 0 Å². The van der Waals surface area contributed by atoms with Crippen molar-refractivity contribution < 1.29 is 19.8 Å². The van der Waals surface area contributed by atoms with Crippen LogP contribution in [-0.4, -0.2) is 28.8 Å². The van der Waals surface area contributed by atoms with Crippen LogP contribution < -0.4 is 5.48 Å². The molecule has 0 radical (unpaired) electrons. The number of benzene rings is 1. The van der Waals surface area contributed by atoms with Gasteiger partial charge in [-0.05, 0) is 5.56 Å². The summed E-state index contributed by atoms with van der Waals surface area (Å²) >= 11 is 0. The molecule has 0 saturated heterocycles. The van der Waals surface area contributed by atoms with Crippen molar-refractivity contribution in [3.63, 3.8) is 0 Å². The second-order valence-corrected chi connectivity index (χ2v) is 3.37. The summed E-state index contributed by atoms with van der Waals surface area (Å²) in [4.78, 5) is 15.3. The first kappa shape index (κ1) is 12.6. The first-order chi connectivity index (χ1) is 7.68. The zero-order valence-electron chi connectivity index (χ0n) is 8.80. The minimum absolute atomic E-state index is 0.0964. The highest BCUT2D eigenvalue weighted by atomic mass is 16.6. The van der Waals surface area contributed by atoms with Gasteiger partial charge in [0.1, 0.15) is 0 Å². The predicted octanol–water partition coefficient (Wildman–Crippen LogP) is 0.543. The number of carbonyl (C=O) groups is 1. The third-order valence-corrected chi connectivity index (χ3v) is 1.91. The molecule has 0 aliphatic rings. The summed E-state index contributed by atoms with van der Waals surface area (Å²) in [5.41, 5.74) is 3.53. The van der Waals surface area contributed by atoms with Crippen LogP contribution in [0, 0.1) is 0 Å². The Labute approximate surface area is 93.6 Å². The fourth-order valence-electron chi connectivity index (χ4n) is 1.14. The first-order valence-corrected chi connectivity index (χ1v) is 4.97. The maximum absolute atomic E-state index is 10.2. The molecule has 1 unspecified atom stereocenters. The van der Waals surface area contributed by atoms with Crippen molar-refractivity contribution in [3.05, 3.63) is 35.9 Å². The summed E-state index contributed by atoms with van der Waals surface area (Å²) in [6.45, 7) is 0.472.